The molecule has 5 rings (SSSR count). The number of aromatic nitrogens is 3. The SMILES string of the molecule is C1=C(c2cccs2)NNC1Nc1nc(NCCCN2CCOCC2)nc(Sc2ccccc2)n1. The highest BCUT2D eigenvalue weighted by Crippen LogP contribution is 2.26. The molecule has 2 aromatic heterocycles. The first kappa shape index (κ1) is 23.1. The van der Waals surface area contributed by atoms with Crippen molar-refractivity contribution in [1.82, 2.24) is 30.7 Å². The van der Waals surface area contributed by atoms with E-state index in [0.717, 1.165) is 56.4 Å². The lowest BCUT2D eigenvalue weighted by Crippen LogP contribution is -2.37. The van der Waals surface area contributed by atoms with Gasteiger partial charge in [0.15, 0.2) is 5.16 Å². The summed E-state index contributed by atoms with van der Waals surface area (Å²) in [6.07, 6.45) is 2.97. The minimum absolute atomic E-state index is 0.136. The van der Waals surface area contributed by atoms with E-state index in [-0.39, 0.29) is 6.17 Å². The zero-order valence-electron chi connectivity index (χ0n) is 18.7. The molecule has 0 spiro atoms. The molecule has 4 heterocycles. The van der Waals surface area contributed by atoms with Crippen LogP contribution in [0.4, 0.5) is 11.9 Å². The van der Waals surface area contributed by atoms with Crippen LogP contribution in [0.2, 0.25) is 0 Å². The van der Waals surface area contributed by atoms with Gasteiger partial charge in [-0.2, -0.15) is 15.0 Å². The predicted molar refractivity (Wildman–Crippen MR) is 137 cm³/mol. The maximum Gasteiger partial charge on any atom is 0.230 e. The number of rotatable bonds is 10. The van der Waals surface area contributed by atoms with Gasteiger partial charge in [0, 0.05) is 24.5 Å². The van der Waals surface area contributed by atoms with Gasteiger partial charge in [-0.05, 0) is 54.4 Å². The Kier molecular flexibility index (Phi) is 7.89. The molecule has 3 aromatic rings. The minimum atomic E-state index is -0.136. The van der Waals surface area contributed by atoms with E-state index in [1.54, 1.807) is 11.3 Å². The highest BCUT2D eigenvalue weighted by molar-refractivity contribution is 7.99. The summed E-state index contributed by atoms with van der Waals surface area (Å²) in [7, 11) is 0. The zero-order valence-corrected chi connectivity index (χ0v) is 20.4. The number of morpholine rings is 1. The van der Waals surface area contributed by atoms with Crippen LogP contribution in [0.5, 0.6) is 0 Å². The average molecular weight is 497 g/mol. The second kappa shape index (κ2) is 11.6. The van der Waals surface area contributed by atoms with Crippen LogP contribution in [0.25, 0.3) is 5.70 Å². The van der Waals surface area contributed by atoms with E-state index >= 15 is 0 Å². The van der Waals surface area contributed by atoms with Crippen LogP contribution in [0.3, 0.4) is 0 Å². The molecule has 4 N–H and O–H groups in total. The Morgan fingerprint density at radius 1 is 1.06 bits per heavy atom. The van der Waals surface area contributed by atoms with Crippen molar-refractivity contribution in [1.29, 1.82) is 0 Å². The maximum absolute atomic E-state index is 5.43. The summed E-state index contributed by atoms with van der Waals surface area (Å²) in [5.41, 5.74) is 7.50. The van der Waals surface area contributed by atoms with E-state index < -0.39 is 0 Å². The second-order valence-corrected chi connectivity index (χ2v) is 9.85. The number of ether oxygens (including phenoxy) is 1. The van der Waals surface area contributed by atoms with Gasteiger partial charge >= 0.3 is 0 Å². The third-order valence-electron chi connectivity index (χ3n) is 5.37. The van der Waals surface area contributed by atoms with Crippen molar-refractivity contribution in [2.45, 2.75) is 22.6 Å². The van der Waals surface area contributed by atoms with Gasteiger partial charge in [-0.1, -0.05) is 24.3 Å². The van der Waals surface area contributed by atoms with Crippen LogP contribution in [-0.4, -0.2) is 65.4 Å². The summed E-state index contributed by atoms with van der Waals surface area (Å²) < 4.78 is 5.43. The molecule has 0 saturated carbocycles. The van der Waals surface area contributed by atoms with Crippen molar-refractivity contribution in [3.63, 3.8) is 0 Å². The Hall–Kier alpha value is -2.70. The molecule has 1 aromatic carbocycles. The Morgan fingerprint density at radius 3 is 2.74 bits per heavy atom. The Bertz CT molecular complexity index is 1070. The van der Waals surface area contributed by atoms with Gasteiger partial charge < -0.3 is 20.8 Å². The molecule has 1 atom stereocenters. The quantitative estimate of drug-likeness (QED) is 0.313. The van der Waals surface area contributed by atoms with Crippen LogP contribution in [0.1, 0.15) is 11.3 Å². The topological polar surface area (TPSA) is 99.3 Å². The molecule has 1 fully saturated rings. The van der Waals surface area contributed by atoms with Gasteiger partial charge in [-0.25, -0.2) is 5.43 Å². The number of nitrogens with one attached hydrogen (secondary N) is 4. The highest BCUT2D eigenvalue weighted by atomic mass is 32.2. The van der Waals surface area contributed by atoms with Gasteiger partial charge in [-0.3, -0.25) is 4.90 Å². The molecule has 0 amide bonds. The van der Waals surface area contributed by atoms with Crippen molar-refractivity contribution in [3.05, 3.63) is 58.8 Å². The molecule has 2 aliphatic heterocycles. The summed E-state index contributed by atoms with van der Waals surface area (Å²) in [4.78, 5) is 18.6. The van der Waals surface area contributed by atoms with Crippen LogP contribution in [0.15, 0.2) is 64.0 Å². The number of hydrogen-bond acceptors (Lipinski definition) is 11. The van der Waals surface area contributed by atoms with Crippen molar-refractivity contribution in [2.75, 3.05) is 50.0 Å². The number of nitrogens with zero attached hydrogens (tertiary/aromatic N) is 4. The number of hydrazine groups is 1. The first-order valence-electron chi connectivity index (χ1n) is 11.4. The molecule has 1 saturated heterocycles. The Morgan fingerprint density at radius 2 is 1.91 bits per heavy atom. The third-order valence-corrected chi connectivity index (χ3v) is 7.15. The van der Waals surface area contributed by atoms with Crippen LogP contribution >= 0.6 is 23.1 Å². The molecule has 0 aliphatic carbocycles. The van der Waals surface area contributed by atoms with E-state index in [0.29, 0.717) is 17.1 Å². The predicted octanol–water partition coefficient (Wildman–Crippen LogP) is 3.11. The first-order chi connectivity index (χ1) is 16.8. The lowest BCUT2D eigenvalue weighted by Gasteiger charge is -2.26. The van der Waals surface area contributed by atoms with E-state index in [1.165, 1.54) is 16.6 Å². The van der Waals surface area contributed by atoms with Gasteiger partial charge in [0.1, 0.15) is 6.17 Å². The normalized spacial score (nSPS) is 18.4. The fourth-order valence-corrected chi connectivity index (χ4v) is 5.14. The Balaban J connectivity index is 1.25. The van der Waals surface area contributed by atoms with Crippen molar-refractivity contribution in [3.8, 4) is 0 Å². The fraction of sp³-hybridized carbons (Fsp3) is 0.348. The summed E-state index contributed by atoms with van der Waals surface area (Å²) in [6.45, 7) is 5.47. The lowest BCUT2D eigenvalue weighted by atomic mass is 10.3. The second-order valence-electron chi connectivity index (χ2n) is 7.86. The lowest BCUT2D eigenvalue weighted by molar-refractivity contribution is 0.0378. The molecule has 178 valence electrons. The van der Waals surface area contributed by atoms with Gasteiger partial charge in [0.05, 0.1) is 23.8 Å². The van der Waals surface area contributed by atoms with E-state index in [9.17, 15) is 0 Å². The number of anilines is 2. The van der Waals surface area contributed by atoms with E-state index in [2.05, 4.69) is 71.0 Å². The summed E-state index contributed by atoms with van der Waals surface area (Å²) in [6, 6.07) is 14.3. The van der Waals surface area contributed by atoms with Crippen LogP contribution < -0.4 is 21.5 Å². The van der Waals surface area contributed by atoms with Crippen molar-refractivity contribution < 1.29 is 4.74 Å². The highest BCUT2D eigenvalue weighted by Gasteiger charge is 2.18. The van der Waals surface area contributed by atoms with Crippen molar-refractivity contribution >= 4 is 40.7 Å². The molecule has 34 heavy (non-hydrogen) atoms. The van der Waals surface area contributed by atoms with Crippen LogP contribution in [0, 0.1) is 0 Å². The Labute approximate surface area is 207 Å². The molecular weight excluding hydrogens is 468 g/mol. The maximum atomic E-state index is 5.43. The summed E-state index contributed by atoms with van der Waals surface area (Å²) in [5.74, 6) is 1.10. The fourth-order valence-electron chi connectivity index (χ4n) is 3.67. The smallest absolute Gasteiger partial charge is 0.230 e. The molecule has 1 unspecified atom stereocenters. The number of thiophene rings is 1. The minimum Gasteiger partial charge on any atom is -0.379 e. The van der Waals surface area contributed by atoms with E-state index in [1.807, 2.05) is 24.3 Å². The number of benzene rings is 1. The average Bonchev–Trinajstić information content (AvgIpc) is 3.56. The van der Waals surface area contributed by atoms with Crippen molar-refractivity contribution in [2.24, 2.45) is 0 Å². The zero-order chi connectivity index (χ0) is 23.0. The largest absolute Gasteiger partial charge is 0.379 e. The summed E-state index contributed by atoms with van der Waals surface area (Å²) in [5, 5.41) is 9.45. The molecule has 2 aliphatic rings. The third kappa shape index (κ3) is 6.45. The molecule has 9 nitrogen and oxygen atoms in total. The molecule has 11 heteroatoms. The molecule has 0 bridgehead atoms. The van der Waals surface area contributed by atoms with E-state index in [4.69, 9.17) is 4.74 Å². The van der Waals surface area contributed by atoms with Gasteiger partial charge in [-0.15, -0.1) is 11.3 Å². The van der Waals surface area contributed by atoms with Crippen LogP contribution in [-0.2, 0) is 4.74 Å². The number of hydrogen-bond donors (Lipinski definition) is 4. The first-order valence-corrected chi connectivity index (χ1v) is 13.1. The molecule has 0 radical (unpaired) electrons. The monoisotopic (exact) mass is 496 g/mol. The van der Waals surface area contributed by atoms with Gasteiger partial charge in [0.25, 0.3) is 0 Å². The standard InChI is InChI=1S/C23H28N8OS2/c1-2-6-17(7-3-1)34-23-27-21(24-9-5-10-31-11-13-32-14-12-31)26-22(28-23)25-20-16-18(29-30-20)19-8-4-15-33-19/h1-4,6-8,15-16,20,29-30H,5,9-14H2,(H2,24,25,26,27,28). The molecular formula is C23H28N8OS2. The van der Waals surface area contributed by atoms with Gasteiger partial charge in [0.2, 0.25) is 11.9 Å². The summed E-state index contributed by atoms with van der Waals surface area (Å²) >= 11 is 3.21.